The molecule has 1 nitrogen and oxygen atoms in total. The number of ketones is 1. The van der Waals surface area contributed by atoms with Gasteiger partial charge in [0.05, 0.1) is 0 Å². The molecule has 26 heavy (non-hydrogen) atoms. The molecule has 0 radical (unpaired) electrons. The molecular formula is C25H32O. The van der Waals surface area contributed by atoms with Crippen LogP contribution < -0.4 is 0 Å². The molecule has 0 aromatic heterocycles. The van der Waals surface area contributed by atoms with Crippen molar-refractivity contribution in [1.29, 1.82) is 0 Å². The fourth-order valence-corrected chi connectivity index (χ4v) is 4.31. The highest BCUT2D eigenvalue weighted by molar-refractivity contribution is 5.97. The zero-order valence-corrected chi connectivity index (χ0v) is 16.3. The molecule has 0 N–H and O–H groups in total. The van der Waals surface area contributed by atoms with Crippen LogP contribution in [-0.2, 0) is 12.8 Å². The molecule has 138 valence electrons. The fraction of sp³-hybridized carbons (Fsp3) is 0.480. The average Bonchev–Trinajstić information content (AvgIpc) is 2.69. The first-order chi connectivity index (χ1) is 12.7. The molecule has 0 bridgehead atoms. The van der Waals surface area contributed by atoms with E-state index in [0.29, 0.717) is 12.3 Å². The molecule has 1 fully saturated rings. The highest BCUT2D eigenvalue weighted by Crippen LogP contribution is 2.37. The van der Waals surface area contributed by atoms with E-state index in [1.54, 1.807) is 0 Å². The second-order valence-electron chi connectivity index (χ2n) is 7.90. The van der Waals surface area contributed by atoms with Gasteiger partial charge in [0.1, 0.15) is 0 Å². The summed E-state index contributed by atoms with van der Waals surface area (Å²) in [5.74, 6) is 1.84. The molecule has 1 aliphatic carbocycles. The molecule has 2 aromatic rings. The molecule has 1 saturated carbocycles. The highest BCUT2D eigenvalue weighted by Gasteiger charge is 2.21. The summed E-state index contributed by atoms with van der Waals surface area (Å²) in [6, 6.07) is 16.9. The molecule has 2 aromatic carbocycles. The first-order valence-corrected chi connectivity index (χ1v) is 10.4. The molecule has 0 heterocycles. The van der Waals surface area contributed by atoms with Gasteiger partial charge in [-0.15, -0.1) is 0 Å². The minimum absolute atomic E-state index is 0.215. The number of aryl methyl sites for hydroxylation is 1. The van der Waals surface area contributed by atoms with Crippen LogP contribution in [0.25, 0.3) is 0 Å². The van der Waals surface area contributed by atoms with Crippen molar-refractivity contribution in [1.82, 2.24) is 0 Å². The van der Waals surface area contributed by atoms with Gasteiger partial charge in [-0.2, -0.15) is 0 Å². The summed E-state index contributed by atoms with van der Waals surface area (Å²) < 4.78 is 0. The molecule has 3 rings (SSSR count). The normalized spacial score (nSPS) is 20.1. The molecule has 0 atom stereocenters. The Hall–Kier alpha value is -1.89. The van der Waals surface area contributed by atoms with Crippen molar-refractivity contribution in [2.75, 3.05) is 0 Å². The number of Topliss-reactive ketones (excluding diaryl/α,β-unsaturated/α-hetero) is 1. The second-order valence-corrected chi connectivity index (χ2v) is 7.90. The molecule has 1 aliphatic rings. The van der Waals surface area contributed by atoms with Crippen LogP contribution in [-0.4, -0.2) is 5.78 Å². The first-order valence-electron chi connectivity index (χ1n) is 10.4. The quantitative estimate of drug-likeness (QED) is 0.506. The number of hydrogen-bond donors (Lipinski definition) is 0. The van der Waals surface area contributed by atoms with Crippen molar-refractivity contribution in [2.45, 2.75) is 71.1 Å². The fourth-order valence-electron chi connectivity index (χ4n) is 4.31. The topological polar surface area (TPSA) is 17.1 Å². The molecule has 0 saturated heterocycles. The van der Waals surface area contributed by atoms with Gasteiger partial charge in [0.25, 0.3) is 0 Å². The lowest BCUT2D eigenvalue weighted by Gasteiger charge is -2.28. The Morgan fingerprint density at radius 1 is 0.846 bits per heavy atom. The van der Waals surface area contributed by atoms with Crippen LogP contribution in [0.3, 0.4) is 0 Å². The van der Waals surface area contributed by atoms with Gasteiger partial charge < -0.3 is 0 Å². The van der Waals surface area contributed by atoms with Crippen molar-refractivity contribution in [3.8, 4) is 0 Å². The molecule has 0 spiro atoms. The number of carbonyl (C=O) groups excluding carboxylic acids is 1. The number of benzene rings is 2. The van der Waals surface area contributed by atoms with Gasteiger partial charge in [-0.3, -0.25) is 4.79 Å². The van der Waals surface area contributed by atoms with E-state index < -0.39 is 0 Å². The van der Waals surface area contributed by atoms with Crippen LogP contribution >= 0.6 is 0 Å². The largest absolute Gasteiger partial charge is 0.294 e. The van der Waals surface area contributed by atoms with E-state index in [9.17, 15) is 4.79 Å². The zero-order valence-electron chi connectivity index (χ0n) is 16.3. The number of hydrogen-bond acceptors (Lipinski definition) is 1. The third-order valence-electron chi connectivity index (χ3n) is 6.04. The van der Waals surface area contributed by atoms with Crippen LogP contribution in [0.5, 0.6) is 0 Å². The van der Waals surface area contributed by atoms with Gasteiger partial charge >= 0.3 is 0 Å². The smallest absolute Gasteiger partial charge is 0.167 e. The van der Waals surface area contributed by atoms with Gasteiger partial charge in [0.15, 0.2) is 5.78 Å². The molecule has 0 aliphatic heterocycles. The van der Waals surface area contributed by atoms with Crippen LogP contribution in [0, 0.1) is 5.92 Å². The van der Waals surface area contributed by atoms with E-state index in [1.807, 2.05) is 12.1 Å². The highest BCUT2D eigenvalue weighted by atomic mass is 16.1. The van der Waals surface area contributed by atoms with E-state index in [1.165, 1.54) is 49.7 Å². The van der Waals surface area contributed by atoms with Gasteiger partial charge in [0.2, 0.25) is 0 Å². The van der Waals surface area contributed by atoms with Gasteiger partial charge in [-0.25, -0.2) is 0 Å². The number of rotatable bonds is 7. The van der Waals surface area contributed by atoms with Crippen LogP contribution in [0.1, 0.15) is 85.3 Å². The Balaban J connectivity index is 1.57. The summed E-state index contributed by atoms with van der Waals surface area (Å²) >= 11 is 0. The predicted molar refractivity (Wildman–Crippen MR) is 110 cm³/mol. The van der Waals surface area contributed by atoms with Crippen molar-refractivity contribution in [2.24, 2.45) is 5.92 Å². The van der Waals surface area contributed by atoms with Crippen LogP contribution in [0.15, 0.2) is 48.5 Å². The minimum atomic E-state index is 0.215. The first kappa shape index (κ1) is 18.9. The summed E-state index contributed by atoms with van der Waals surface area (Å²) in [5, 5.41) is 0. The Labute approximate surface area is 158 Å². The summed E-state index contributed by atoms with van der Waals surface area (Å²) in [6.45, 7) is 4.44. The van der Waals surface area contributed by atoms with E-state index in [0.717, 1.165) is 23.5 Å². The van der Waals surface area contributed by atoms with E-state index >= 15 is 0 Å². The maximum atomic E-state index is 12.6. The molecule has 0 amide bonds. The minimum Gasteiger partial charge on any atom is -0.294 e. The third kappa shape index (κ3) is 4.84. The van der Waals surface area contributed by atoms with Crippen molar-refractivity contribution >= 4 is 5.78 Å². The van der Waals surface area contributed by atoms with Gasteiger partial charge in [-0.05, 0) is 60.6 Å². The maximum Gasteiger partial charge on any atom is 0.167 e. The predicted octanol–water partition coefficient (Wildman–Crippen LogP) is 6.75. The SMILES string of the molecule is CCCC1CCC(c2ccc(C(=O)Cc3ccc(CC)cc3)cc2)CC1. The summed E-state index contributed by atoms with van der Waals surface area (Å²) in [6.07, 6.45) is 9.58. The van der Waals surface area contributed by atoms with E-state index in [2.05, 4.69) is 50.2 Å². The lowest BCUT2D eigenvalue weighted by Crippen LogP contribution is -2.13. The standard InChI is InChI=1S/C25H32O/c1-3-5-20-10-12-22(13-11-20)23-14-16-24(17-15-23)25(26)18-21-8-6-19(4-2)7-9-21/h6-9,14-17,20,22H,3-5,10-13,18H2,1-2H3. The molecular weight excluding hydrogens is 316 g/mol. The monoisotopic (exact) mass is 348 g/mol. The van der Waals surface area contributed by atoms with Crippen molar-refractivity contribution < 1.29 is 4.79 Å². The zero-order chi connectivity index (χ0) is 18.4. The Bertz CT molecular complexity index is 688. The Morgan fingerprint density at radius 3 is 2.04 bits per heavy atom. The second kappa shape index (κ2) is 9.16. The van der Waals surface area contributed by atoms with Crippen LogP contribution in [0.2, 0.25) is 0 Å². The van der Waals surface area contributed by atoms with Gasteiger partial charge in [0, 0.05) is 12.0 Å². The third-order valence-corrected chi connectivity index (χ3v) is 6.04. The Kier molecular flexibility index (Phi) is 6.66. The van der Waals surface area contributed by atoms with Crippen molar-refractivity contribution in [3.05, 3.63) is 70.8 Å². The molecule has 0 unspecified atom stereocenters. The lowest BCUT2D eigenvalue weighted by molar-refractivity contribution is 0.0993. The van der Waals surface area contributed by atoms with Crippen LogP contribution in [0.4, 0.5) is 0 Å². The lowest BCUT2D eigenvalue weighted by atomic mass is 9.77. The molecule has 1 heteroatoms. The summed E-state index contributed by atoms with van der Waals surface area (Å²) in [4.78, 5) is 12.6. The summed E-state index contributed by atoms with van der Waals surface area (Å²) in [5.41, 5.74) is 4.68. The van der Waals surface area contributed by atoms with Gasteiger partial charge in [-0.1, -0.05) is 75.2 Å². The Morgan fingerprint density at radius 2 is 1.46 bits per heavy atom. The van der Waals surface area contributed by atoms with E-state index in [-0.39, 0.29) is 5.78 Å². The average molecular weight is 349 g/mol. The number of carbonyl (C=O) groups is 1. The maximum absolute atomic E-state index is 12.6. The summed E-state index contributed by atoms with van der Waals surface area (Å²) in [7, 11) is 0. The van der Waals surface area contributed by atoms with E-state index in [4.69, 9.17) is 0 Å². The van der Waals surface area contributed by atoms with Crippen molar-refractivity contribution in [3.63, 3.8) is 0 Å².